The first kappa shape index (κ1) is 15.4. The molecule has 5 heteroatoms. The molecule has 1 aliphatic rings. The topological polar surface area (TPSA) is 62.6 Å². The van der Waals surface area contributed by atoms with Crippen molar-refractivity contribution in [2.24, 2.45) is 5.92 Å². The van der Waals surface area contributed by atoms with E-state index in [1.807, 2.05) is 48.5 Å². The summed E-state index contributed by atoms with van der Waals surface area (Å²) in [5, 5.41) is 5.13. The van der Waals surface area contributed by atoms with Crippen LogP contribution in [-0.4, -0.2) is 23.3 Å². The van der Waals surface area contributed by atoms with E-state index >= 15 is 0 Å². The molecule has 0 unspecified atom stereocenters. The fourth-order valence-electron chi connectivity index (χ4n) is 3.20. The third-order valence-electron chi connectivity index (χ3n) is 4.53. The van der Waals surface area contributed by atoms with E-state index in [0.717, 1.165) is 22.2 Å². The SMILES string of the molecule is O=C(Nc1ccc2ccccc2c1)[C@H]1CC(=O)N(Cc2ccco2)C1. The third kappa shape index (κ3) is 3.26. The van der Waals surface area contributed by atoms with Gasteiger partial charge in [-0.2, -0.15) is 0 Å². The highest BCUT2D eigenvalue weighted by Gasteiger charge is 2.34. The lowest BCUT2D eigenvalue weighted by molar-refractivity contribution is -0.128. The van der Waals surface area contributed by atoms with Crippen LogP contribution in [0.15, 0.2) is 65.3 Å². The Morgan fingerprint density at radius 1 is 1.12 bits per heavy atom. The molecular weight excluding hydrogens is 316 g/mol. The Kier molecular flexibility index (Phi) is 3.98. The van der Waals surface area contributed by atoms with Crippen LogP contribution < -0.4 is 5.32 Å². The molecule has 0 spiro atoms. The van der Waals surface area contributed by atoms with Crippen molar-refractivity contribution in [3.8, 4) is 0 Å². The molecule has 1 aromatic heterocycles. The molecule has 1 fully saturated rings. The van der Waals surface area contributed by atoms with Crippen molar-refractivity contribution in [1.29, 1.82) is 0 Å². The summed E-state index contributed by atoms with van der Waals surface area (Å²) in [6, 6.07) is 17.4. The number of carbonyl (C=O) groups excluding carboxylic acids is 2. The lowest BCUT2D eigenvalue weighted by Gasteiger charge is -2.15. The highest BCUT2D eigenvalue weighted by atomic mass is 16.3. The molecule has 0 saturated carbocycles. The van der Waals surface area contributed by atoms with Crippen LogP contribution in [0, 0.1) is 5.92 Å². The minimum absolute atomic E-state index is 0.0185. The maximum Gasteiger partial charge on any atom is 0.229 e. The predicted molar refractivity (Wildman–Crippen MR) is 94.8 cm³/mol. The van der Waals surface area contributed by atoms with Crippen LogP contribution in [0.3, 0.4) is 0 Å². The molecule has 1 aliphatic heterocycles. The van der Waals surface area contributed by atoms with Gasteiger partial charge in [0.15, 0.2) is 0 Å². The van der Waals surface area contributed by atoms with Gasteiger partial charge in [0.2, 0.25) is 11.8 Å². The van der Waals surface area contributed by atoms with Crippen LogP contribution in [-0.2, 0) is 16.1 Å². The average molecular weight is 334 g/mol. The maximum atomic E-state index is 12.5. The van der Waals surface area contributed by atoms with Gasteiger partial charge in [-0.15, -0.1) is 0 Å². The Bertz CT molecular complexity index is 918. The highest BCUT2D eigenvalue weighted by Crippen LogP contribution is 2.23. The number of nitrogens with zero attached hydrogens (tertiary/aromatic N) is 1. The van der Waals surface area contributed by atoms with Crippen LogP contribution in [0.1, 0.15) is 12.2 Å². The van der Waals surface area contributed by atoms with E-state index in [1.165, 1.54) is 0 Å². The first-order valence-corrected chi connectivity index (χ1v) is 8.29. The third-order valence-corrected chi connectivity index (χ3v) is 4.53. The molecule has 0 radical (unpaired) electrons. The summed E-state index contributed by atoms with van der Waals surface area (Å²) in [5.41, 5.74) is 0.751. The van der Waals surface area contributed by atoms with Crippen LogP contribution in [0.2, 0.25) is 0 Å². The average Bonchev–Trinajstić information content (AvgIpc) is 3.25. The van der Waals surface area contributed by atoms with Crippen molar-refractivity contribution in [1.82, 2.24) is 4.90 Å². The Morgan fingerprint density at radius 2 is 1.96 bits per heavy atom. The fraction of sp³-hybridized carbons (Fsp3) is 0.200. The quantitative estimate of drug-likeness (QED) is 0.795. The minimum Gasteiger partial charge on any atom is -0.467 e. The maximum absolute atomic E-state index is 12.5. The fourth-order valence-corrected chi connectivity index (χ4v) is 3.20. The molecule has 126 valence electrons. The van der Waals surface area contributed by atoms with Gasteiger partial charge < -0.3 is 14.6 Å². The molecule has 3 aromatic rings. The van der Waals surface area contributed by atoms with E-state index in [9.17, 15) is 9.59 Å². The van der Waals surface area contributed by atoms with Gasteiger partial charge in [0.05, 0.1) is 18.7 Å². The molecule has 4 rings (SSSR count). The van der Waals surface area contributed by atoms with Gasteiger partial charge in [-0.25, -0.2) is 0 Å². The zero-order chi connectivity index (χ0) is 17.2. The molecule has 2 aromatic carbocycles. The summed E-state index contributed by atoms with van der Waals surface area (Å²) < 4.78 is 5.28. The monoisotopic (exact) mass is 334 g/mol. The van der Waals surface area contributed by atoms with Gasteiger partial charge in [-0.05, 0) is 35.0 Å². The molecule has 0 bridgehead atoms. The highest BCUT2D eigenvalue weighted by molar-refractivity contribution is 5.98. The smallest absolute Gasteiger partial charge is 0.229 e. The van der Waals surface area contributed by atoms with Crippen molar-refractivity contribution >= 4 is 28.3 Å². The number of hydrogen-bond donors (Lipinski definition) is 1. The zero-order valence-corrected chi connectivity index (χ0v) is 13.6. The number of likely N-dealkylation sites (tertiary alicyclic amines) is 1. The molecule has 2 amide bonds. The predicted octanol–water partition coefficient (Wildman–Crippen LogP) is 3.42. The van der Waals surface area contributed by atoms with E-state index in [-0.39, 0.29) is 24.2 Å². The van der Waals surface area contributed by atoms with Gasteiger partial charge in [0, 0.05) is 18.7 Å². The first-order valence-electron chi connectivity index (χ1n) is 8.29. The molecule has 1 atom stereocenters. The number of rotatable bonds is 4. The lowest BCUT2D eigenvalue weighted by atomic mass is 10.1. The summed E-state index contributed by atoms with van der Waals surface area (Å²) in [6.45, 7) is 0.824. The van der Waals surface area contributed by atoms with Crippen molar-refractivity contribution < 1.29 is 14.0 Å². The standard InChI is InChI=1S/C20H18N2O3/c23-19-11-16(12-22(19)13-18-6-3-9-25-18)20(24)21-17-8-7-14-4-1-2-5-15(14)10-17/h1-10,16H,11-13H2,(H,21,24)/t16-/m0/s1. The van der Waals surface area contributed by atoms with Crippen molar-refractivity contribution in [3.05, 3.63) is 66.6 Å². The summed E-state index contributed by atoms with van der Waals surface area (Å²) in [4.78, 5) is 26.3. The number of amides is 2. The second-order valence-corrected chi connectivity index (χ2v) is 6.31. The number of furan rings is 1. The van der Waals surface area contributed by atoms with E-state index in [0.29, 0.717) is 13.1 Å². The molecule has 25 heavy (non-hydrogen) atoms. The molecular formula is C20H18N2O3. The number of benzene rings is 2. The lowest BCUT2D eigenvalue weighted by Crippen LogP contribution is -2.27. The van der Waals surface area contributed by atoms with E-state index in [4.69, 9.17) is 4.42 Å². The molecule has 1 saturated heterocycles. The van der Waals surface area contributed by atoms with Gasteiger partial charge in [0.1, 0.15) is 5.76 Å². The van der Waals surface area contributed by atoms with Gasteiger partial charge in [-0.3, -0.25) is 9.59 Å². The Morgan fingerprint density at radius 3 is 2.76 bits per heavy atom. The van der Waals surface area contributed by atoms with Gasteiger partial charge in [-0.1, -0.05) is 30.3 Å². The Balaban J connectivity index is 1.43. The Labute approximate surface area is 145 Å². The number of fused-ring (bicyclic) bond motifs is 1. The van der Waals surface area contributed by atoms with Gasteiger partial charge >= 0.3 is 0 Å². The van der Waals surface area contributed by atoms with Gasteiger partial charge in [0.25, 0.3) is 0 Å². The van der Waals surface area contributed by atoms with Crippen molar-refractivity contribution in [2.75, 3.05) is 11.9 Å². The van der Waals surface area contributed by atoms with Crippen molar-refractivity contribution in [3.63, 3.8) is 0 Å². The van der Waals surface area contributed by atoms with E-state index in [1.54, 1.807) is 17.2 Å². The Hall–Kier alpha value is -3.08. The summed E-state index contributed by atoms with van der Waals surface area (Å²) in [7, 11) is 0. The van der Waals surface area contributed by atoms with E-state index < -0.39 is 0 Å². The summed E-state index contributed by atoms with van der Waals surface area (Å²) in [5.74, 6) is 0.249. The number of hydrogen-bond acceptors (Lipinski definition) is 3. The molecule has 5 nitrogen and oxygen atoms in total. The second kappa shape index (κ2) is 6.43. The minimum atomic E-state index is -0.339. The van der Waals surface area contributed by atoms with Crippen LogP contribution >= 0.6 is 0 Å². The molecule has 2 heterocycles. The van der Waals surface area contributed by atoms with Crippen molar-refractivity contribution in [2.45, 2.75) is 13.0 Å². The molecule has 1 N–H and O–H groups in total. The number of nitrogens with one attached hydrogen (secondary N) is 1. The second-order valence-electron chi connectivity index (χ2n) is 6.31. The summed E-state index contributed by atoms with van der Waals surface area (Å²) in [6.07, 6.45) is 1.82. The summed E-state index contributed by atoms with van der Waals surface area (Å²) >= 11 is 0. The number of carbonyl (C=O) groups is 2. The van der Waals surface area contributed by atoms with Crippen LogP contribution in [0.25, 0.3) is 10.8 Å². The van der Waals surface area contributed by atoms with Crippen LogP contribution in [0.4, 0.5) is 5.69 Å². The largest absolute Gasteiger partial charge is 0.467 e. The normalized spacial score (nSPS) is 17.2. The zero-order valence-electron chi connectivity index (χ0n) is 13.6. The first-order chi connectivity index (χ1) is 12.2. The number of anilines is 1. The molecule has 0 aliphatic carbocycles. The van der Waals surface area contributed by atoms with E-state index in [2.05, 4.69) is 5.32 Å². The van der Waals surface area contributed by atoms with Crippen LogP contribution in [0.5, 0.6) is 0 Å².